The molecule has 0 unspecified atom stereocenters. The van der Waals surface area contributed by atoms with Crippen LogP contribution in [0.4, 0.5) is 8.78 Å². The predicted octanol–water partition coefficient (Wildman–Crippen LogP) is 3.60. The maximum atomic E-state index is 13.1. The first-order valence-electron chi connectivity index (χ1n) is 7.25. The molecule has 0 radical (unpaired) electrons. The maximum absolute atomic E-state index is 13.1. The fourth-order valence-electron chi connectivity index (χ4n) is 2.22. The summed E-state index contributed by atoms with van der Waals surface area (Å²) in [5.74, 6) is 0. The van der Waals surface area contributed by atoms with Crippen molar-refractivity contribution in [3.05, 3.63) is 72.6 Å². The Morgan fingerprint density at radius 1 is 1.32 bits per heavy atom. The first kappa shape index (κ1) is 18.8. The van der Waals surface area contributed by atoms with E-state index in [1.54, 1.807) is 31.2 Å². The van der Waals surface area contributed by atoms with Gasteiger partial charge in [0.1, 0.15) is 5.69 Å². The van der Waals surface area contributed by atoms with Crippen molar-refractivity contribution in [3.8, 4) is 5.69 Å². The molecular weight excluding hydrogens is 348 g/mol. The van der Waals surface area contributed by atoms with Gasteiger partial charge in [-0.3, -0.25) is 0 Å². The number of hydrogen-bond donors (Lipinski definition) is 1. The first-order chi connectivity index (χ1) is 11.8. The molecule has 0 fully saturated rings. The summed E-state index contributed by atoms with van der Waals surface area (Å²) < 4.78 is 50.2. The van der Waals surface area contributed by atoms with Crippen molar-refractivity contribution in [2.75, 3.05) is 0 Å². The molecule has 2 N–H and O–H groups in total. The van der Waals surface area contributed by atoms with Gasteiger partial charge >= 0.3 is 0 Å². The third-order valence-corrected chi connectivity index (χ3v) is 4.23. The number of alkyl halides is 2. The number of hydrogen-bond acceptors (Lipinski definition) is 3. The number of rotatable bonds is 6. The van der Waals surface area contributed by atoms with Gasteiger partial charge in [-0.05, 0) is 42.8 Å². The Morgan fingerprint density at radius 3 is 2.44 bits per heavy atom. The largest absolute Gasteiger partial charge is 0.282 e. The number of aromatic nitrogens is 2. The Morgan fingerprint density at radius 2 is 1.96 bits per heavy atom. The Kier molecular flexibility index (Phi) is 5.66. The number of halogens is 2. The molecule has 0 amide bonds. The Hall–Kier alpha value is -2.58. The number of sulfonamides is 1. The third-order valence-electron chi connectivity index (χ3n) is 3.30. The van der Waals surface area contributed by atoms with Crippen LogP contribution >= 0.6 is 0 Å². The number of primary sulfonamides is 1. The second kappa shape index (κ2) is 7.54. The molecule has 0 atom stereocenters. The standard InChI is InChI=1S/C17H17F2N3O2S/c1-3-5-12(6-4-2)16-11-15(17(18)19)21-22(16)13-7-9-14(10-8-13)25(20,23)24/h3-11,17H,1H2,2H3,(H2,20,23,24)/b6-4-,12-5+. The summed E-state index contributed by atoms with van der Waals surface area (Å²) in [5.41, 5.74) is 1.10. The summed E-state index contributed by atoms with van der Waals surface area (Å²) in [7, 11) is -3.84. The molecular formula is C17H17F2N3O2S. The lowest BCUT2D eigenvalue weighted by Crippen LogP contribution is -2.12. The van der Waals surface area contributed by atoms with Crippen LogP contribution in [0.15, 0.2) is 66.1 Å². The molecule has 0 aliphatic rings. The van der Waals surface area contributed by atoms with Gasteiger partial charge in [0, 0.05) is 0 Å². The van der Waals surface area contributed by atoms with Crippen molar-refractivity contribution in [3.63, 3.8) is 0 Å². The molecule has 0 spiro atoms. The van der Waals surface area contributed by atoms with E-state index < -0.39 is 16.4 Å². The van der Waals surface area contributed by atoms with E-state index in [9.17, 15) is 17.2 Å². The van der Waals surface area contributed by atoms with Crippen molar-refractivity contribution >= 4 is 15.6 Å². The molecule has 2 rings (SSSR count). The van der Waals surface area contributed by atoms with Gasteiger partial charge in [0.25, 0.3) is 6.43 Å². The smallest absolute Gasteiger partial charge is 0.233 e. The van der Waals surface area contributed by atoms with Crippen LogP contribution in [-0.4, -0.2) is 18.2 Å². The summed E-state index contributed by atoms with van der Waals surface area (Å²) in [5, 5.41) is 9.00. The molecule has 1 heterocycles. The van der Waals surface area contributed by atoms with Gasteiger partial charge in [-0.2, -0.15) is 5.10 Å². The van der Waals surface area contributed by atoms with Crippen LogP contribution in [0.25, 0.3) is 11.3 Å². The Bertz CT molecular complexity index is 927. The van der Waals surface area contributed by atoms with Crippen molar-refractivity contribution in [1.82, 2.24) is 9.78 Å². The summed E-state index contributed by atoms with van der Waals surface area (Å²) in [6.07, 6.45) is 3.97. The first-order valence-corrected chi connectivity index (χ1v) is 8.79. The van der Waals surface area contributed by atoms with Crippen LogP contribution in [0.1, 0.15) is 24.7 Å². The van der Waals surface area contributed by atoms with Gasteiger partial charge in [-0.15, -0.1) is 0 Å². The molecule has 132 valence electrons. The molecule has 1 aromatic carbocycles. The molecule has 0 saturated heterocycles. The van der Waals surface area contributed by atoms with Crippen molar-refractivity contribution in [1.29, 1.82) is 0 Å². The molecule has 0 aliphatic heterocycles. The minimum absolute atomic E-state index is 0.0747. The van der Waals surface area contributed by atoms with E-state index in [2.05, 4.69) is 11.7 Å². The molecule has 1 aromatic heterocycles. The van der Waals surface area contributed by atoms with Crippen LogP contribution in [0.3, 0.4) is 0 Å². The average Bonchev–Trinajstić information content (AvgIpc) is 2.99. The summed E-state index contributed by atoms with van der Waals surface area (Å²) in [4.78, 5) is -0.0747. The third kappa shape index (κ3) is 4.28. The van der Waals surface area contributed by atoms with Crippen molar-refractivity contribution in [2.45, 2.75) is 18.2 Å². The quantitative estimate of drug-likeness (QED) is 0.795. The van der Waals surface area contributed by atoms with E-state index in [0.29, 0.717) is 17.0 Å². The van der Waals surface area contributed by atoms with Gasteiger partial charge in [0.2, 0.25) is 10.0 Å². The normalized spacial score (nSPS) is 12.9. The predicted molar refractivity (Wildman–Crippen MR) is 92.9 cm³/mol. The highest BCUT2D eigenvalue weighted by Crippen LogP contribution is 2.26. The molecule has 0 bridgehead atoms. The van der Waals surface area contributed by atoms with Crippen molar-refractivity contribution in [2.24, 2.45) is 5.14 Å². The van der Waals surface area contributed by atoms with E-state index in [-0.39, 0.29) is 10.6 Å². The summed E-state index contributed by atoms with van der Waals surface area (Å²) in [6, 6.07) is 6.78. The van der Waals surface area contributed by atoms with Gasteiger partial charge in [0.05, 0.1) is 16.3 Å². The SMILES string of the molecule is C=C/C=C(\C=C/C)c1cc(C(F)F)nn1-c1ccc(S(N)(=O)=O)cc1. The molecule has 8 heteroatoms. The fourth-order valence-corrected chi connectivity index (χ4v) is 2.73. The monoisotopic (exact) mass is 365 g/mol. The van der Waals surface area contributed by atoms with Crippen LogP contribution in [0.2, 0.25) is 0 Å². The van der Waals surface area contributed by atoms with Crippen LogP contribution in [-0.2, 0) is 10.0 Å². The average molecular weight is 365 g/mol. The van der Waals surface area contributed by atoms with Crippen LogP contribution < -0.4 is 5.14 Å². The van der Waals surface area contributed by atoms with E-state index in [1.807, 2.05) is 0 Å². The fraction of sp³-hybridized carbons (Fsp3) is 0.118. The minimum atomic E-state index is -3.84. The number of nitrogens with zero attached hydrogens (tertiary/aromatic N) is 2. The highest BCUT2D eigenvalue weighted by Gasteiger charge is 2.18. The Balaban J connectivity index is 2.63. The van der Waals surface area contributed by atoms with E-state index in [0.717, 1.165) is 0 Å². The second-order valence-electron chi connectivity index (χ2n) is 5.06. The molecule has 0 aliphatic carbocycles. The lowest BCUT2D eigenvalue weighted by molar-refractivity contribution is 0.145. The summed E-state index contributed by atoms with van der Waals surface area (Å²) >= 11 is 0. The number of nitrogens with two attached hydrogens (primary N) is 1. The maximum Gasteiger partial charge on any atom is 0.282 e. The van der Waals surface area contributed by atoms with Gasteiger partial charge in [-0.25, -0.2) is 27.0 Å². The van der Waals surface area contributed by atoms with Gasteiger partial charge in [-0.1, -0.05) is 30.9 Å². The lowest BCUT2D eigenvalue weighted by atomic mass is 10.1. The lowest BCUT2D eigenvalue weighted by Gasteiger charge is -2.09. The molecule has 25 heavy (non-hydrogen) atoms. The van der Waals surface area contributed by atoms with Gasteiger partial charge in [0.15, 0.2) is 0 Å². The second-order valence-corrected chi connectivity index (χ2v) is 6.62. The van der Waals surface area contributed by atoms with E-state index in [1.165, 1.54) is 35.0 Å². The van der Waals surface area contributed by atoms with E-state index in [4.69, 9.17) is 5.14 Å². The number of benzene rings is 1. The highest BCUT2D eigenvalue weighted by molar-refractivity contribution is 7.89. The van der Waals surface area contributed by atoms with Crippen LogP contribution in [0, 0.1) is 0 Å². The van der Waals surface area contributed by atoms with Crippen LogP contribution in [0.5, 0.6) is 0 Å². The van der Waals surface area contributed by atoms with E-state index >= 15 is 0 Å². The number of allylic oxidation sites excluding steroid dienone is 5. The Labute approximate surface area is 144 Å². The zero-order valence-corrected chi connectivity index (χ0v) is 14.2. The minimum Gasteiger partial charge on any atom is -0.233 e. The molecule has 0 saturated carbocycles. The highest BCUT2D eigenvalue weighted by atomic mass is 32.2. The zero-order chi connectivity index (χ0) is 18.6. The molecule has 2 aromatic rings. The van der Waals surface area contributed by atoms with Crippen molar-refractivity contribution < 1.29 is 17.2 Å². The summed E-state index contributed by atoms with van der Waals surface area (Å²) in [6.45, 7) is 5.42. The molecule has 5 nitrogen and oxygen atoms in total. The topological polar surface area (TPSA) is 78.0 Å². The van der Waals surface area contributed by atoms with Gasteiger partial charge < -0.3 is 0 Å². The zero-order valence-electron chi connectivity index (χ0n) is 13.4.